The lowest BCUT2D eigenvalue weighted by Gasteiger charge is -2.26. The molecule has 0 heterocycles. The topological polar surface area (TPSA) is 48.0 Å². The third kappa shape index (κ3) is 5.29. The zero-order chi connectivity index (χ0) is 20.6. The zero-order valence-electron chi connectivity index (χ0n) is 16.9. The molecule has 0 aromatic heterocycles. The highest BCUT2D eigenvalue weighted by Gasteiger charge is 2.24. The van der Waals surface area contributed by atoms with Gasteiger partial charge in [0.15, 0.2) is 6.10 Å². The summed E-state index contributed by atoms with van der Waals surface area (Å²) in [6, 6.07) is 24.5. The maximum absolute atomic E-state index is 13.3. The second kappa shape index (κ2) is 9.64. The molecule has 1 atom stereocenters. The first kappa shape index (κ1) is 20.3. The molecule has 0 saturated carbocycles. The SMILES string of the molecule is COc1ccc(OC(C)C(=O)N(Cc2ccccc2)c2ccc(OC)cc2)cc1. The molecule has 1 unspecified atom stereocenters. The summed E-state index contributed by atoms with van der Waals surface area (Å²) in [5.41, 5.74) is 1.82. The Morgan fingerprint density at radius 1 is 0.793 bits per heavy atom. The van der Waals surface area contributed by atoms with Crippen molar-refractivity contribution < 1.29 is 19.0 Å². The lowest BCUT2D eigenvalue weighted by Crippen LogP contribution is -2.40. The molecule has 0 aliphatic carbocycles. The van der Waals surface area contributed by atoms with E-state index in [2.05, 4.69) is 0 Å². The Morgan fingerprint density at radius 2 is 1.31 bits per heavy atom. The largest absolute Gasteiger partial charge is 0.497 e. The smallest absolute Gasteiger partial charge is 0.268 e. The summed E-state index contributed by atoms with van der Waals surface area (Å²) in [6.45, 7) is 2.20. The summed E-state index contributed by atoms with van der Waals surface area (Å²) < 4.78 is 16.3. The van der Waals surface area contributed by atoms with Gasteiger partial charge in [0.05, 0.1) is 20.8 Å². The summed E-state index contributed by atoms with van der Waals surface area (Å²) in [7, 11) is 3.23. The molecule has 0 N–H and O–H groups in total. The number of hydrogen-bond donors (Lipinski definition) is 0. The Morgan fingerprint density at radius 3 is 1.86 bits per heavy atom. The second-order valence-corrected chi connectivity index (χ2v) is 6.54. The van der Waals surface area contributed by atoms with Crippen LogP contribution >= 0.6 is 0 Å². The zero-order valence-corrected chi connectivity index (χ0v) is 16.9. The molecular formula is C24H25NO4. The van der Waals surface area contributed by atoms with Gasteiger partial charge in [-0.05, 0) is 61.0 Å². The van der Waals surface area contributed by atoms with Gasteiger partial charge in [-0.25, -0.2) is 0 Å². The molecule has 0 bridgehead atoms. The van der Waals surface area contributed by atoms with Gasteiger partial charge in [-0.15, -0.1) is 0 Å². The minimum Gasteiger partial charge on any atom is -0.497 e. The van der Waals surface area contributed by atoms with Crippen molar-refractivity contribution >= 4 is 11.6 Å². The number of carbonyl (C=O) groups is 1. The van der Waals surface area contributed by atoms with Crippen LogP contribution in [0.2, 0.25) is 0 Å². The van der Waals surface area contributed by atoms with Crippen LogP contribution in [0, 0.1) is 0 Å². The Hall–Kier alpha value is -3.47. The molecule has 3 aromatic carbocycles. The van der Waals surface area contributed by atoms with Gasteiger partial charge in [0.25, 0.3) is 5.91 Å². The molecule has 3 aromatic rings. The van der Waals surface area contributed by atoms with Crippen LogP contribution in [0.3, 0.4) is 0 Å². The first-order chi connectivity index (χ1) is 14.1. The van der Waals surface area contributed by atoms with E-state index in [4.69, 9.17) is 14.2 Å². The third-order valence-corrected chi connectivity index (χ3v) is 4.55. The molecule has 150 valence electrons. The lowest BCUT2D eigenvalue weighted by molar-refractivity contribution is -0.124. The van der Waals surface area contributed by atoms with Crippen molar-refractivity contribution in [3.8, 4) is 17.2 Å². The molecule has 0 aliphatic rings. The predicted octanol–water partition coefficient (Wildman–Crippen LogP) is 4.70. The molecule has 0 aliphatic heterocycles. The third-order valence-electron chi connectivity index (χ3n) is 4.55. The van der Waals surface area contributed by atoms with Crippen LogP contribution in [0.15, 0.2) is 78.9 Å². The number of nitrogens with zero attached hydrogens (tertiary/aromatic N) is 1. The van der Waals surface area contributed by atoms with Crippen LogP contribution in [-0.2, 0) is 11.3 Å². The van der Waals surface area contributed by atoms with Crippen molar-refractivity contribution in [1.29, 1.82) is 0 Å². The van der Waals surface area contributed by atoms with Crippen LogP contribution < -0.4 is 19.1 Å². The van der Waals surface area contributed by atoms with Crippen molar-refractivity contribution in [2.24, 2.45) is 0 Å². The fourth-order valence-electron chi connectivity index (χ4n) is 2.95. The predicted molar refractivity (Wildman–Crippen MR) is 114 cm³/mol. The molecule has 5 heteroatoms. The molecule has 0 radical (unpaired) electrons. The van der Waals surface area contributed by atoms with E-state index in [1.807, 2.05) is 54.6 Å². The van der Waals surface area contributed by atoms with Crippen molar-refractivity contribution in [1.82, 2.24) is 0 Å². The average molecular weight is 391 g/mol. The number of rotatable bonds is 8. The summed E-state index contributed by atoms with van der Waals surface area (Å²) in [5.74, 6) is 1.96. The molecule has 0 spiro atoms. The van der Waals surface area contributed by atoms with Crippen LogP contribution in [0.1, 0.15) is 12.5 Å². The van der Waals surface area contributed by atoms with Gasteiger partial charge in [-0.3, -0.25) is 4.79 Å². The first-order valence-electron chi connectivity index (χ1n) is 9.41. The van der Waals surface area contributed by atoms with Crippen molar-refractivity contribution in [3.63, 3.8) is 0 Å². The highest BCUT2D eigenvalue weighted by atomic mass is 16.5. The Bertz CT molecular complexity index is 908. The molecule has 3 rings (SSSR count). The van der Waals surface area contributed by atoms with E-state index in [1.165, 1.54) is 0 Å². The number of hydrogen-bond acceptors (Lipinski definition) is 4. The minimum absolute atomic E-state index is 0.130. The number of carbonyl (C=O) groups excluding carboxylic acids is 1. The maximum Gasteiger partial charge on any atom is 0.268 e. The van der Waals surface area contributed by atoms with Gasteiger partial charge in [0.1, 0.15) is 17.2 Å². The quantitative estimate of drug-likeness (QED) is 0.558. The van der Waals surface area contributed by atoms with E-state index < -0.39 is 6.10 Å². The number of benzene rings is 3. The van der Waals surface area contributed by atoms with E-state index in [0.717, 1.165) is 22.7 Å². The van der Waals surface area contributed by atoms with Gasteiger partial charge in [-0.2, -0.15) is 0 Å². The highest BCUT2D eigenvalue weighted by Crippen LogP contribution is 2.24. The van der Waals surface area contributed by atoms with Gasteiger partial charge in [0, 0.05) is 5.69 Å². The fourth-order valence-corrected chi connectivity index (χ4v) is 2.95. The summed E-state index contributed by atoms with van der Waals surface area (Å²) in [5, 5.41) is 0. The fraction of sp³-hybridized carbons (Fsp3) is 0.208. The van der Waals surface area contributed by atoms with E-state index >= 15 is 0 Å². The van der Waals surface area contributed by atoms with Gasteiger partial charge >= 0.3 is 0 Å². The number of methoxy groups -OCH3 is 2. The molecule has 1 amide bonds. The first-order valence-corrected chi connectivity index (χ1v) is 9.41. The summed E-state index contributed by atoms with van der Waals surface area (Å²) in [4.78, 5) is 15.0. The Labute approximate surface area is 171 Å². The molecular weight excluding hydrogens is 366 g/mol. The molecule has 29 heavy (non-hydrogen) atoms. The maximum atomic E-state index is 13.3. The second-order valence-electron chi connectivity index (χ2n) is 6.54. The van der Waals surface area contributed by atoms with Crippen LogP contribution in [0.4, 0.5) is 5.69 Å². The van der Waals surface area contributed by atoms with Crippen molar-refractivity contribution in [3.05, 3.63) is 84.4 Å². The van der Waals surface area contributed by atoms with Crippen molar-refractivity contribution in [2.75, 3.05) is 19.1 Å². The van der Waals surface area contributed by atoms with Crippen LogP contribution in [-0.4, -0.2) is 26.2 Å². The number of ether oxygens (including phenoxy) is 3. The Kier molecular flexibility index (Phi) is 6.74. The number of amides is 1. The minimum atomic E-state index is -0.658. The van der Waals surface area contributed by atoms with Gasteiger partial charge in [-0.1, -0.05) is 30.3 Å². The molecule has 0 saturated heterocycles. The average Bonchev–Trinajstić information content (AvgIpc) is 2.78. The van der Waals surface area contributed by atoms with E-state index in [0.29, 0.717) is 12.3 Å². The van der Waals surface area contributed by atoms with Crippen molar-refractivity contribution in [2.45, 2.75) is 19.6 Å². The monoisotopic (exact) mass is 391 g/mol. The molecule has 5 nitrogen and oxygen atoms in total. The van der Waals surface area contributed by atoms with Crippen LogP contribution in [0.5, 0.6) is 17.2 Å². The van der Waals surface area contributed by atoms with E-state index in [1.54, 1.807) is 50.3 Å². The van der Waals surface area contributed by atoms with Gasteiger partial charge in [0.2, 0.25) is 0 Å². The van der Waals surface area contributed by atoms with Gasteiger partial charge < -0.3 is 19.1 Å². The highest BCUT2D eigenvalue weighted by molar-refractivity contribution is 5.96. The van der Waals surface area contributed by atoms with E-state index in [-0.39, 0.29) is 5.91 Å². The summed E-state index contributed by atoms with van der Waals surface area (Å²) >= 11 is 0. The van der Waals surface area contributed by atoms with E-state index in [9.17, 15) is 4.79 Å². The molecule has 0 fully saturated rings. The lowest BCUT2D eigenvalue weighted by atomic mass is 10.1. The standard InChI is InChI=1S/C24H25NO4/c1-18(29-23-15-13-22(28-3)14-16-23)24(26)25(17-19-7-5-4-6-8-19)20-9-11-21(27-2)12-10-20/h4-16,18H,17H2,1-3H3. The summed E-state index contributed by atoms with van der Waals surface area (Å²) in [6.07, 6.45) is -0.658. The normalized spacial score (nSPS) is 11.4. The number of anilines is 1. The van der Waals surface area contributed by atoms with Crippen LogP contribution in [0.25, 0.3) is 0 Å². The Balaban J connectivity index is 1.81.